The molecule has 1 N–H and O–H groups in total. The van der Waals surface area contributed by atoms with Crippen LogP contribution in [0.1, 0.15) is 31.9 Å². The van der Waals surface area contributed by atoms with E-state index in [-0.39, 0.29) is 11.9 Å². The van der Waals surface area contributed by atoms with Gasteiger partial charge in [-0.1, -0.05) is 13.0 Å². The Balaban J connectivity index is 1.75. The second-order valence-electron chi connectivity index (χ2n) is 5.99. The Morgan fingerprint density at radius 1 is 1.17 bits per heavy atom. The molecule has 1 heterocycles. The number of likely N-dealkylation sites (N-methyl/N-ethyl adjacent to an activating group) is 1. The molecule has 6 heteroatoms. The van der Waals surface area contributed by atoms with Gasteiger partial charge >= 0.3 is 0 Å². The normalized spacial score (nSPS) is 17.9. The molecule has 0 unspecified atom stereocenters. The number of carbonyl (C=O) groups is 1. The maximum atomic E-state index is 13.2. The predicted octanol–water partition coefficient (Wildman–Crippen LogP) is 2.17. The third-order valence-corrected chi connectivity index (χ3v) is 4.39. The minimum Gasteiger partial charge on any atom is -0.350 e. The van der Waals surface area contributed by atoms with Gasteiger partial charge in [0.25, 0.3) is 0 Å². The fraction of sp³-hybridized carbons (Fsp3) is 0.588. The number of amides is 1. The van der Waals surface area contributed by atoms with Crippen molar-refractivity contribution < 1.29 is 13.6 Å². The van der Waals surface area contributed by atoms with E-state index in [1.54, 1.807) is 6.92 Å². The number of carbonyl (C=O) groups excluding carboxylic acids is 1. The summed E-state index contributed by atoms with van der Waals surface area (Å²) in [6.45, 7) is 9.79. The molecule has 0 aromatic heterocycles. The van der Waals surface area contributed by atoms with E-state index in [9.17, 15) is 13.6 Å². The van der Waals surface area contributed by atoms with Crippen LogP contribution in [0.25, 0.3) is 0 Å². The van der Waals surface area contributed by atoms with Crippen LogP contribution >= 0.6 is 0 Å². The minimum absolute atomic E-state index is 0.0693. The van der Waals surface area contributed by atoms with Crippen molar-refractivity contribution in [2.24, 2.45) is 0 Å². The summed E-state index contributed by atoms with van der Waals surface area (Å²) in [6, 6.07) is 3.37. The molecule has 1 atom stereocenters. The average molecular weight is 325 g/mol. The maximum absolute atomic E-state index is 13.2. The highest BCUT2D eigenvalue weighted by Crippen LogP contribution is 2.16. The third-order valence-electron chi connectivity index (χ3n) is 4.39. The lowest BCUT2D eigenvalue weighted by Crippen LogP contribution is -2.47. The Hall–Kier alpha value is -1.53. The zero-order valence-electron chi connectivity index (χ0n) is 13.8. The summed E-state index contributed by atoms with van der Waals surface area (Å²) in [7, 11) is 0. The monoisotopic (exact) mass is 325 g/mol. The Labute approximate surface area is 136 Å². The van der Waals surface area contributed by atoms with Gasteiger partial charge in [0.15, 0.2) is 11.6 Å². The summed E-state index contributed by atoms with van der Waals surface area (Å²) in [5.74, 6) is -1.84. The molecule has 128 valence electrons. The van der Waals surface area contributed by atoms with E-state index in [0.717, 1.165) is 51.4 Å². The number of piperazine rings is 1. The van der Waals surface area contributed by atoms with Crippen LogP contribution in [0.3, 0.4) is 0 Å². The highest BCUT2D eigenvalue weighted by Gasteiger charge is 2.17. The quantitative estimate of drug-likeness (QED) is 0.871. The molecule has 0 aliphatic carbocycles. The standard InChI is InChI=1S/C17H25F2N3O/c1-3-21-8-10-22(11-9-21)7-6-17(23)20-13(2)14-4-5-15(18)16(19)12-14/h4-5,12-13H,3,6-11H2,1-2H3,(H,20,23)/t13-/m1/s1. The predicted molar refractivity (Wildman–Crippen MR) is 86.1 cm³/mol. The van der Waals surface area contributed by atoms with Crippen molar-refractivity contribution >= 4 is 5.91 Å². The number of benzene rings is 1. The van der Waals surface area contributed by atoms with E-state index in [4.69, 9.17) is 0 Å². The van der Waals surface area contributed by atoms with E-state index >= 15 is 0 Å². The first-order valence-electron chi connectivity index (χ1n) is 8.18. The molecule has 4 nitrogen and oxygen atoms in total. The largest absolute Gasteiger partial charge is 0.350 e. The van der Waals surface area contributed by atoms with Gasteiger partial charge in [0.05, 0.1) is 6.04 Å². The smallest absolute Gasteiger partial charge is 0.221 e. The van der Waals surface area contributed by atoms with Crippen LogP contribution in [-0.4, -0.2) is 55.0 Å². The minimum atomic E-state index is -0.891. The Morgan fingerprint density at radius 2 is 1.83 bits per heavy atom. The first-order valence-corrected chi connectivity index (χ1v) is 8.18. The molecule has 1 amide bonds. The highest BCUT2D eigenvalue weighted by atomic mass is 19.2. The van der Waals surface area contributed by atoms with Crippen LogP contribution in [0.2, 0.25) is 0 Å². The zero-order chi connectivity index (χ0) is 16.8. The van der Waals surface area contributed by atoms with Crippen molar-refractivity contribution in [2.45, 2.75) is 26.3 Å². The second-order valence-corrected chi connectivity index (χ2v) is 5.99. The van der Waals surface area contributed by atoms with Crippen molar-refractivity contribution in [3.8, 4) is 0 Å². The van der Waals surface area contributed by atoms with Gasteiger partial charge in [-0.15, -0.1) is 0 Å². The topological polar surface area (TPSA) is 35.6 Å². The van der Waals surface area contributed by atoms with Crippen molar-refractivity contribution in [1.82, 2.24) is 15.1 Å². The molecule has 2 rings (SSSR count). The van der Waals surface area contributed by atoms with Gasteiger partial charge in [0.2, 0.25) is 5.91 Å². The van der Waals surface area contributed by atoms with E-state index in [1.807, 2.05) is 0 Å². The summed E-state index contributed by atoms with van der Waals surface area (Å²) >= 11 is 0. The molecule has 0 saturated carbocycles. The molecule has 1 aliphatic heterocycles. The van der Waals surface area contributed by atoms with Gasteiger partial charge < -0.3 is 15.1 Å². The van der Waals surface area contributed by atoms with Crippen LogP contribution in [-0.2, 0) is 4.79 Å². The number of rotatable bonds is 6. The van der Waals surface area contributed by atoms with Crippen molar-refractivity contribution in [3.63, 3.8) is 0 Å². The number of hydrogen-bond donors (Lipinski definition) is 1. The molecule has 0 bridgehead atoms. The lowest BCUT2D eigenvalue weighted by atomic mass is 10.1. The zero-order valence-corrected chi connectivity index (χ0v) is 13.8. The second kappa shape index (κ2) is 8.36. The molecule has 1 aromatic carbocycles. The highest BCUT2D eigenvalue weighted by molar-refractivity contribution is 5.76. The van der Waals surface area contributed by atoms with Crippen LogP contribution in [0.5, 0.6) is 0 Å². The first-order chi connectivity index (χ1) is 11.0. The van der Waals surface area contributed by atoms with E-state index in [1.165, 1.54) is 6.07 Å². The summed E-state index contributed by atoms with van der Waals surface area (Å²) < 4.78 is 26.2. The fourth-order valence-electron chi connectivity index (χ4n) is 2.77. The molecular weight excluding hydrogens is 300 g/mol. The SMILES string of the molecule is CCN1CCN(CCC(=O)N[C@H](C)c2ccc(F)c(F)c2)CC1. The summed E-state index contributed by atoms with van der Waals surface area (Å²) in [5.41, 5.74) is 0.564. The van der Waals surface area contributed by atoms with Gasteiger partial charge in [-0.05, 0) is 31.2 Å². The van der Waals surface area contributed by atoms with E-state index in [2.05, 4.69) is 22.0 Å². The van der Waals surface area contributed by atoms with Crippen LogP contribution < -0.4 is 5.32 Å². The van der Waals surface area contributed by atoms with E-state index < -0.39 is 11.6 Å². The van der Waals surface area contributed by atoms with Crippen LogP contribution in [0.15, 0.2) is 18.2 Å². The van der Waals surface area contributed by atoms with Gasteiger partial charge in [0.1, 0.15) is 0 Å². The Morgan fingerprint density at radius 3 is 2.43 bits per heavy atom. The fourth-order valence-corrected chi connectivity index (χ4v) is 2.77. The van der Waals surface area contributed by atoms with Crippen LogP contribution in [0.4, 0.5) is 8.78 Å². The molecule has 1 saturated heterocycles. The number of nitrogens with one attached hydrogen (secondary N) is 1. The van der Waals surface area contributed by atoms with Gasteiger partial charge in [-0.2, -0.15) is 0 Å². The van der Waals surface area contributed by atoms with Crippen molar-refractivity contribution in [2.75, 3.05) is 39.3 Å². The molecular formula is C17H25F2N3O. The maximum Gasteiger partial charge on any atom is 0.221 e. The third kappa shape index (κ3) is 5.25. The molecule has 0 spiro atoms. The first kappa shape index (κ1) is 17.8. The average Bonchev–Trinajstić information content (AvgIpc) is 2.55. The lowest BCUT2D eigenvalue weighted by Gasteiger charge is -2.33. The van der Waals surface area contributed by atoms with Gasteiger partial charge in [0, 0.05) is 39.1 Å². The van der Waals surface area contributed by atoms with Gasteiger partial charge in [-0.25, -0.2) is 8.78 Å². The van der Waals surface area contributed by atoms with Crippen molar-refractivity contribution in [3.05, 3.63) is 35.4 Å². The Kier molecular flexibility index (Phi) is 6.47. The summed E-state index contributed by atoms with van der Waals surface area (Å²) in [4.78, 5) is 16.7. The molecule has 1 aliphatic rings. The molecule has 0 radical (unpaired) electrons. The van der Waals surface area contributed by atoms with E-state index in [0.29, 0.717) is 12.0 Å². The molecule has 1 aromatic rings. The Bertz CT molecular complexity index is 531. The summed E-state index contributed by atoms with van der Waals surface area (Å²) in [5, 5.41) is 2.84. The van der Waals surface area contributed by atoms with Gasteiger partial charge in [-0.3, -0.25) is 4.79 Å². The summed E-state index contributed by atoms with van der Waals surface area (Å²) in [6.07, 6.45) is 0.417. The molecule has 1 fully saturated rings. The lowest BCUT2D eigenvalue weighted by molar-refractivity contribution is -0.122. The number of nitrogens with zero attached hydrogens (tertiary/aromatic N) is 2. The number of hydrogen-bond acceptors (Lipinski definition) is 3. The van der Waals surface area contributed by atoms with Crippen molar-refractivity contribution in [1.29, 1.82) is 0 Å². The van der Waals surface area contributed by atoms with Crippen LogP contribution in [0, 0.1) is 11.6 Å². The molecule has 23 heavy (non-hydrogen) atoms. The number of halogens is 2.